The first kappa shape index (κ1) is 17.7. The third kappa shape index (κ3) is 4.32. The summed E-state index contributed by atoms with van der Waals surface area (Å²) in [7, 11) is 4.01. The van der Waals surface area contributed by atoms with Crippen LogP contribution in [0.15, 0.2) is 43.0 Å². The van der Waals surface area contributed by atoms with Crippen molar-refractivity contribution in [3.63, 3.8) is 0 Å². The van der Waals surface area contributed by atoms with Crippen molar-refractivity contribution in [1.29, 1.82) is 0 Å². The molecule has 0 aromatic carbocycles. The molecule has 1 aromatic rings. The third-order valence-corrected chi connectivity index (χ3v) is 2.86. The molecule has 3 heterocycles. The fourth-order valence-corrected chi connectivity index (χ4v) is 1.93. The van der Waals surface area contributed by atoms with Gasteiger partial charge in [0.05, 0.1) is 6.67 Å². The zero-order valence-electron chi connectivity index (χ0n) is 12.2. The van der Waals surface area contributed by atoms with E-state index in [4.69, 9.17) is 0 Å². The Morgan fingerprint density at radius 2 is 1.90 bits per heavy atom. The molecule has 7 heteroatoms. The summed E-state index contributed by atoms with van der Waals surface area (Å²) in [5, 5.41) is 0. The van der Waals surface area contributed by atoms with Gasteiger partial charge in [0.1, 0.15) is 0 Å². The van der Waals surface area contributed by atoms with E-state index >= 15 is 0 Å². The molecule has 1 aromatic heterocycles. The first-order valence-electron chi connectivity index (χ1n) is 5.94. The molecule has 3 rings (SSSR count). The number of nitrogens with one attached hydrogen (secondary N) is 1. The topological polar surface area (TPSA) is 28.5 Å². The fraction of sp³-hybridized carbons (Fsp3) is 0.143. The normalized spacial score (nSPS) is 18.2. The zero-order chi connectivity index (χ0) is 14.5. The number of aromatic amines is 1. The number of halogens is 1. The van der Waals surface area contributed by atoms with Gasteiger partial charge in [-0.05, 0) is 37.8 Å². The van der Waals surface area contributed by atoms with Gasteiger partial charge in [0.15, 0.2) is 11.3 Å². The quantitative estimate of drug-likeness (QED) is 0.447. The van der Waals surface area contributed by atoms with Gasteiger partial charge >= 0.3 is 27.9 Å². The third-order valence-electron chi connectivity index (χ3n) is 2.86. The number of nitrogens with zero attached hydrogens (tertiary/aromatic N) is 4. The van der Waals surface area contributed by atoms with Crippen LogP contribution in [-0.4, -0.2) is 28.9 Å². The number of anilines is 1. The fourth-order valence-electron chi connectivity index (χ4n) is 1.93. The van der Waals surface area contributed by atoms with Crippen molar-refractivity contribution >= 4 is 20.0 Å². The van der Waals surface area contributed by atoms with E-state index in [1.807, 2.05) is 89.7 Å². The van der Waals surface area contributed by atoms with Crippen LogP contribution in [0, 0.1) is 20.8 Å². The molecule has 2 aliphatic heterocycles. The number of rotatable bonds is 1. The molecule has 0 atom stereocenters. The second kappa shape index (κ2) is 8.20. The van der Waals surface area contributed by atoms with Gasteiger partial charge in [-0.2, -0.15) is 0 Å². The van der Waals surface area contributed by atoms with Gasteiger partial charge in [0, 0.05) is 13.2 Å². The molecule has 1 N–H and O–H groups in total. The second-order valence-electron chi connectivity index (χ2n) is 4.39. The van der Waals surface area contributed by atoms with Gasteiger partial charge in [0.25, 0.3) is 0 Å². The van der Waals surface area contributed by atoms with Crippen LogP contribution >= 0.6 is 14.2 Å². The number of hydrogen-bond acceptors (Lipinski definition) is 3. The van der Waals surface area contributed by atoms with Crippen LogP contribution < -0.4 is 15.0 Å². The monoisotopic (exact) mass is 394 g/mol. The number of hydrogen-bond donors (Lipinski definition) is 1. The summed E-state index contributed by atoms with van der Waals surface area (Å²) in [5.41, 5.74) is 1.03. The SMILES string of the molecule is CN1C=CN(c2ccc/c(=[N+]3\C=CN(C)[CH-]3)[nH]2)[CH-]1.[CH3-].[Ni][Br]. The van der Waals surface area contributed by atoms with E-state index in [0.29, 0.717) is 0 Å². The molecule has 0 bridgehead atoms. The molecule has 0 saturated heterocycles. The molecule has 0 amide bonds. The molecule has 0 fully saturated rings. The minimum absolute atomic E-state index is 0. The van der Waals surface area contributed by atoms with E-state index < -0.39 is 0 Å². The Kier molecular flexibility index (Phi) is 6.92. The van der Waals surface area contributed by atoms with Gasteiger partial charge in [-0.1, -0.05) is 6.07 Å². The zero-order valence-corrected chi connectivity index (χ0v) is 14.8. The second-order valence-corrected chi connectivity index (χ2v) is 4.39. The van der Waals surface area contributed by atoms with Gasteiger partial charge in [0.2, 0.25) is 0 Å². The summed E-state index contributed by atoms with van der Waals surface area (Å²) in [5.74, 6) is 1.03. The van der Waals surface area contributed by atoms with Crippen molar-refractivity contribution in [2.24, 2.45) is 0 Å². The average molecular weight is 396 g/mol. The van der Waals surface area contributed by atoms with Gasteiger partial charge < -0.3 is 26.7 Å². The molecule has 0 spiro atoms. The van der Waals surface area contributed by atoms with Crippen LogP contribution in [0.2, 0.25) is 0 Å². The summed E-state index contributed by atoms with van der Waals surface area (Å²) in [6.07, 6.45) is 8.06. The molecule has 119 valence electrons. The maximum absolute atomic E-state index is 3.69. The summed E-state index contributed by atoms with van der Waals surface area (Å²) in [6, 6.07) is 6.14. The molecule has 0 radical (unpaired) electrons. The molecule has 21 heavy (non-hydrogen) atoms. The first-order valence-corrected chi connectivity index (χ1v) is 8.38. The van der Waals surface area contributed by atoms with Crippen LogP contribution in [0.25, 0.3) is 0 Å². The predicted octanol–water partition coefficient (Wildman–Crippen LogP) is 1.96. The first-order chi connectivity index (χ1) is 9.72. The van der Waals surface area contributed by atoms with E-state index in [2.05, 4.69) is 32.9 Å². The van der Waals surface area contributed by atoms with E-state index in [9.17, 15) is 0 Å². The van der Waals surface area contributed by atoms with Gasteiger partial charge in [-0.25, -0.2) is 0 Å². The van der Waals surface area contributed by atoms with Crippen LogP contribution in [0.1, 0.15) is 0 Å². The van der Waals surface area contributed by atoms with Crippen molar-refractivity contribution in [2.75, 3.05) is 19.0 Å². The summed E-state index contributed by atoms with van der Waals surface area (Å²) < 4.78 is 2.05. The Balaban J connectivity index is 0.000000706. The molecule has 0 saturated carbocycles. The summed E-state index contributed by atoms with van der Waals surface area (Å²) >= 11 is 6.25. The predicted molar refractivity (Wildman–Crippen MR) is 86.3 cm³/mol. The maximum atomic E-state index is 3.69. The number of H-pyrrole nitrogens is 1. The Bertz CT molecular complexity index is 581. The molecular formula is C14H19BrN5Ni-2. The Labute approximate surface area is 141 Å². The van der Waals surface area contributed by atoms with Crippen molar-refractivity contribution in [3.8, 4) is 0 Å². The number of pyridine rings is 1. The van der Waals surface area contributed by atoms with Crippen LogP contribution in [0.3, 0.4) is 0 Å². The average Bonchev–Trinajstić information content (AvgIpc) is 3.10. The number of aromatic nitrogens is 1. The summed E-state index contributed by atoms with van der Waals surface area (Å²) in [6.45, 7) is 4.04. The minimum atomic E-state index is 0. The molecular weight excluding hydrogens is 377 g/mol. The Hall–Kier alpha value is -1.33. The van der Waals surface area contributed by atoms with Crippen molar-refractivity contribution in [2.45, 2.75) is 0 Å². The standard InChI is InChI=1S/C13H16N5.CH3.BrH.Ni/c1-15-6-8-17(10-15)12-4-3-5-13(14-12)18-9-7-16(2)11-18;;;/h3-11,14H,1-2H3;1H3;1H;/q2*-1;;+1/p-1. The molecule has 0 unspecified atom stereocenters. The van der Waals surface area contributed by atoms with Crippen LogP contribution in [-0.2, 0) is 13.7 Å². The van der Waals surface area contributed by atoms with Crippen molar-refractivity contribution in [3.05, 3.63) is 69.3 Å². The molecule has 5 nitrogen and oxygen atoms in total. The van der Waals surface area contributed by atoms with E-state index in [1.54, 1.807) is 0 Å². The van der Waals surface area contributed by atoms with Crippen molar-refractivity contribution in [1.82, 2.24) is 19.4 Å². The van der Waals surface area contributed by atoms with Crippen LogP contribution in [0.5, 0.6) is 0 Å². The Morgan fingerprint density at radius 1 is 1.14 bits per heavy atom. The Morgan fingerprint density at radius 3 is 2.48 bits per heavy atom. The molecule has 0 aliphatic carbocycles. The van der Waals surface area contributed by atoms with E-state index in [0.717, 1.165) is 11.3 Å². The molecule has 2 aliphatic rings. The van der Waals surface area contributed by atoms with Gasteiger partial charge in [-0.15, -0.1) is 6.67 Å². The van der Waals surface area contributed by atoms with Gasteiger partial charge in [-0.3, -0.25) is 4.98 Å². The van der Waals surface area contributed by atoms with Crippen molar-refractivity contribution < 1.29 is 13.7 Å². The van der Waals surface area contributed by atoms with Crippen LogP contribution in [0.4, 0.5) is 5.82 Å². The van der Waals surface area contributed by atoms with E-state index in [-0.39, 0.29) is 7.43 Å². The van der Waals surface area contributed by atoms with E-state index in [1.165, 1.54) is 0 Å². The summed E-state index contributed by atoms with van der Waals surface area (Å²) in [4.78, 5) is 9.47.